The third-order valence-electron chi connectivity index (χ3n) is 1.82. The van der Waals surface area contributed by atoms with Crippen LogP contribution in [0.4, 0.5) is 4.39 Å². The molecule has 3 nitrogen and oxygen atoms in total. The quantitative estimate of drug-likeness (QED) is 0.765. The van der Waals surface area contributed by atoms with Gasteiger partial charge in [-0.25, -0.2) is 4.39 Å². The topological polar surface area (TPSA) is 38.3 Å². The molecule has 0 saturated heterocycles. The molecule has 0 radical (unpaired) electrons. The smallest absolute Gasteiger partial charge is 0.217 e. The van der Waals surface area contributed by atoms with Crippen LogP contribution in [0.25, 0.3) is 0 Å². The van der Waals surface area contributed by atoms with Gasteiger partial charge in [-0.2, -0.15) is 0 Å². The van der Waals surface area contributed by atoms with Gasteiger partial charge in [-0.3, -0.25) is 4.79 Å². The summed E-state index contributed by atoms with van der Waals surface area (Å²) in [4.78, 5) is 10.6. The maximum atomic E-state index is 13.2. The standard InChI is InChI=1S/C12H12FNO2/c1-9(15)14-8-4-6-10-5-3-7-11(13)12(10)16-2/h3,5,7H,8H2,1-2H3,(H,14,15). The Morgan fingerprint density at radius 2 is 2.31 bits per heavy atom. The van der Waals surface area contributed by atoms with E-state index in [1.165, 1.54) is 20.1 Å². The lowest BCUT2D eigenvalue weighted by Crippen LogP contribution is -2.19. The molecule has 0 saturated carbocycles. The Morgan fingerprint density at radius 3 is 2.94 bits per heavy atom. The average Bonchev–Trinajstić information content (AvgIpc) is 2.24. The van der Waals surface area contributed by atoms with Gasteiger partial charge in [0.1, 0.15) is 0 Å². The van der Waals surface area contributed by atoms with Gasteiger partial charge in [0.05, 0.1) is 19.2 Å². The highest BCUT2D eigenvalue weighted by molar-refractivity contribution is 5.73. The normalized spacial score (nSPS) is 8.94. The van der Waals surface area contributed by atoms with Crippen molar-refractivity contribution >= 4 is 5.91 Å². The minimum Gasteiger partial charge on any atom is -0.492 e. The van der Waals surface area contributed by atoms with E-state index in [1.54, 1.807) is 12.1 Å². The molecule has 0 aromatic heterocycles. The summed E-state index contributed by atoms with van der Waals surface area (Å²) in [7, 11) is 1.39. The molecule has 1 N–H and O–H groups in total. The zero-order valence-corrected chi connectivity index (χ0v) is 9.13. The Hall–Kier alpha value is -2.02. The van der Waals surface area contributed by atoms with E-state index in [-0.39, 0.29) is 18.2 Å². The molecule has 0 bridgehead atoms. The van der Waals surface area contributed by atoms with Crippen molar-refractivity contribution in [3.63, 3.8) is 0 Å². The Morgan fingerprint density at radius 1 is 1.56 bits per heavy atom. The highest BCUT2D eigenvalue weighted by atomic mass is 19.1. The number of carbonyl (C=O) groups excluding carboxylic acids is 1. The summed E-state index contributed by atoms with van der Waals surface area (Å²) in [5, 5.41) is 2.52. The number of hydrogen-bond donors (Lipinski definition) is 1. The fourth-order valence-electron chi connectivity index (χ4n) is 1.12. The predicted molar refractivity (Wildman–Crippen MR) is 58.5 cm³/mol. The number of rotatable bonds is 2. The maximum absolute atomic E-state index is 13.2. The lowest BCUT2D eigenvalue weighted by atomic mass is 10.2. The fraction of sp³-hybridized carbons (Fsp3) is 0.250. The van der Waals surface area contributed by atoms with Gasteiger partial charge in [0, 0.05) is 6.92 Å². The molecule has 0 fully saturated rings. The van der Waals surface area contributed by atoms with Crippen LogP contribution in [0.15, 0.2) is 18.2 Å². The second kappa shape index (κ2) is 5.76. The van der Waals surface area contributed by atoms with E-state index < -0.39 is 5.82 Å². The first-order valence-corrected chi connectivity index (χ1v) is 4.71. The Kier molecular flexibility index (Phi) is 4.34. The average molecular weight is 221 g/mol. The van der Waals surface area contributed by atoms with Crippen LogP contribution >= 0.6 is 0 Å². The molecule has 0 atom stereocenters. The lowest BCUT2D eigenvalue weighted by Gasteiger charge is -2.03. The number of nitrogens with one attached hydrogen (secondary N) is 1. The number of amides is 1. The monoisotopic (exact) mass is 221 g/mol. The van der Waals surface area contributed by atoms with Crippen molar-refractivity contribution in [2.45, 2.75) is 6.92 Å². The van der Waals surface area contributed by atoms with Gasteiger partial charge in [0.2, 0.25) is 5.91 Å². The van der Waals surface area contributed by atoms with Gasteiger partial charge < -0.3 is 10.1 Å². The third kappa shape index (κ3) is 3.28. The van der Waals surface area contributed by atoms with Crippen molar-refractivity contribution in [2.24, 2.45) is 0 Å². The van der Waals surface area contributed by atoms with E-state index in [0.717, 1.165) is 0 Å². The van der Waals surface area contributed by atoms with Crippen molar-refractivity contribution in [3.05, 3.63) is 29.6 Å². The molecule has 0 aliphatic carbocycles. The first-order chi connectivity index (χ1) is 7.65. The minimum absolute atomic E-state index is 0.123. The largest absolute Gasteiger partial charge is 0.492 e. The third-order valence-corrected chi connectivity index (χ3v) is 1.82. The molecular formula is C12H12FNO2. The summed E-state index contributed by atoms with van der Waals surface area (Å²) in [6.07, 6.45) is 0. The van der Waals surface area contributed by atoms with Gasteiger partial charge >= 0.3 is 0 Å². The number of carbonyl (C=O) groups is 1. The van der Waals surface area contributed by atoms with E-state index in [1.807, 2.05) is 0 Å². The molecule has 84 valence electrons. The number of ether oxygens (including phenoxy) is 1. The van der Waals surface area contributed by atoms with Crippen LogP contribution in [0.3, 0.4) is 0 Å². The first kappa shape index (κ1) is 12.1. The van der Waals surface area contributed by atoms with Crippen LogP contribution in [-0.2, 0) is 4.79 Å². The maximum Gasteiger partial charge on any atom is 0.217 e. The van der Waals surface area contributed by atoms with Crippen LogP contribution < -0.4 is 10.1 Å². The molecule has 0 spiro atoms. The van der Waals surface area contributed by atoms with E-state index in [4.69, 9.17) is 4.74 Å². The molecule has 1 aromatic rings. The number of methoxy groups -OCH3 is 1. The summed E-state index contributed by atoms with van der Waals surface area (Å²) in [6.45, 7) is 1.64. The van der Waals surface area contributed by atoms with E-state index in [2.05, 4.69) is 17.2 Å². The van der Waals surface area contributed by atoms with Gasteiger partial charge in [-0.1, -0.05) is 17.9 Å². The fourth-order valence-corrected chi connectivity index (χ4v) is 1.12. The number of halogens is 1. The zero-order valence-electron chi connectivity index (χ0n) is 9.13. The molecular weight excluding hydrogens is 209 g/mol. The Bertz CT molecular complexity index is 446. The Balaban J connectivity index is 2.80. The van der Waals surface area contributed by atoms with E-state index in [0.29, 0.717) is 5.56 Å². The van der Waals surface area contributed by atoms with Crippen LogP contribution in [0.2, 0.25) is 0 Å². The highest BCUT2D eigenvalue weighted by Crippen LogP contribution is 2.20. The number of benzene rings is 1. The molecule has 0 aliphatic rings. The van der Waals surface area contributed by atoms with Gasteiger partial charge in [0.15, 0.2) is 11.6 Å². The summed E-state index contributed by atoms with van der Waals surface area (Å²) in [6, 6.07) is 4.51. The second-order valence-electron chi connectivity index (χ2n) is 3.03. The predicted octanol–water partition coefficient (Wildman–Crippen LogP) is 1.32. The molecule has 1 rings (SSSR count). The summed E-state index contributed by atoms with van der Waals surface area (Å²) < 4.78 is 18.1. The van der Waals surface area contributed by atoms with Crippen LogP contribution in [0.5, 0.6) is 5.75 Å². The van der Waals surface area contributed by atoms with Crippen molar-refractivity contribution in [1.82, 2.24) is 5.32 Å². The van der Waals surface area contributed by atoms with E-state index >= 15 is 0 Å². The van der Waals surface area contributed by atoms with Gasteiger partial charge in [-0.05, 0) is 12.1 Å². The van der Waals surface area contributed by atoms with Gasteiger partial charge in [0.25, 0.3) is 0 Å². The van der Waals surface area contributed by atoms with Crippen LogP contribution in [0, 0.1) is 17.7 Å². The molecule has 1 aromatic carbocycles. The van der Waals surface area contributed by atoms with Crippen molar-refractivity contribution in [3.8, 4) is 17.6 Å². The highest BCUT2D eigenvalue weighted by Gasteiger charge is 2.05. The summed E-state index contributed by atoms with van der Waals surface area (Å²) >= 11 is 0. The molecule has 4 heteroatoms. The SMILES string of the molecule is COc1c(F)cccc1C#CCNC(C)=O. The summed E-state index contributed by atoms with van der Waals surface area (Å²) in [5.41, 5.74) is 0.466. The van der Waals surface area contributed by atoms with Crippen molar-refractivity contribution in [2.75, 3.05) is 13.7 Å². The lowest BCUT2D eigenvalue weighted by molar-refractivity contribution is -0.118. The molecule has 0 unspecified atom stereocenters. The Labute approximate surface area is 93.6 Å². The first-order valence-electron chi connectivity index (χ1n) is 4.71. The molecule has 1 amide bonds. The summed E-state index contributed by atoms with van der Waals surface area (Å²) in [5.74, 6) is 4.96. The van der Waals surface area contributed by atoms with E-state index in [9.17, 15) is 9.18 Å². The number of para-hydroxylation sites is 1. The zero-order chi connectivity index (χ0) is 12.0. The van der Waals surface area contributed by atoms with Crippen molar-refractivity contribution in [1.29, 1.82) is 0 Å². The van der Waals surface area contributed by atoms with Crippen LogP contribution in [0.1, 0.15) is 12.5 Å². The van der Waals surface area contributed by atoms with Gasteiger partial charge in [-0.15, -0.1) is 0 Å². The molecule has 16 heavy (non-hydrogen) atoms. The molecule has 0 heterocycles. The van der Waals surface area contributed by atoms with Crippen molar-refractivity contribution < 1.29 is 13.9 Å². The van der Waals surface area contributed by atoms with Crippen LogP contribution in [-0.4, -0.2) is 19.6 Å². The number of hydrogen-bond acceptors (Lipinski definition) is 2. The second-order valence-corrected chi connectivity index (χ2v) is 3.03. The minimum atomic E-state index is -0.450. The molecule has 0 aliphatic heterocycles.